The number of hydrogen-bond donors (Lipinski definition) is 1. The van der Waals surface area contributed by atoms with Gasteiger partial charge in [-0.3, -0.25) is 9.59 Å². The maximum atomic E-state index is 13.1. The fourth-order valence-corrected chi connectivity index (χ4v) is 5.56. The lowest BCUT2D eigenvalue weighted by Crippen LogP contribution is -2.51. The monoisotopic (exact) mass is 368 g/mol. The molecule has 146 valence electrons. The van der Waals surface area contributed by atoms with Gasteiger partial charge in [0.05, 0.1) is 0 Å². The quantitative estimate of drug-likeness (QED) is 0.830. The Morgan fingerprint density at radius 1 is 0.926 bits per heavy atom. The third kappa shape index (κ3) is 3.82. The number of rotatable bonds is 3. The van der Waals surface area contributed by atoms with E-state index < -0.39 is 0 Å². The van der Waals surface area contributed by atoms with Crippen molar-refractivity contribution in [3.05, 3.63) is 35.4 Å². The highest BCUT2D eigenvalue weighted by Crippen LogP contribution is 2.42. The van der Waals surface area contributed by atoms with Crippen LogP contribution in [0.15, 0.2) is 24.3 Å². The molecule has 1 heterocycles. The maximum Gasteiger partial charge on any atom is 0.225 e. The maximum absolute atomic E-state index is 13.1. The summed E-state index contributed by atoms with van der Waals surface area (Å²) in [5, 5.41) is 0. The molecule has 1 aromatic carbocycles. The molecule has 1 aliphatic heterocycles. The van der Waals surface area contributed by atoms with E-state index in [9.17, 15) is 9.59 Å². The van der Waals surface area contributed by atoms with Crippen molar-refractivity contribution in [1.29, 1.82) is 0 Å². The van der Waals surface area contributed by atoms with Gasteiger partial charge in [-0.25, -0.2) is 0 Å². The lowest BCUT2D eigenvalue weighted by atomic mass is 9.65. The molecule has 0 radical (unpaired) electrons. The predicted octanol–water partition coefficient (Wildman–Crippen LogP) is 3.57. The Hall–Kier alpha value is -1.68. The number of benzene rings is 1. The van der Waals surface area contributed by atoms with Crippen LogP contribution in [0.2, 0.25) is 0 Å². The second kappa shape index (κ2) is 7.75. The van der Waals surface area contributed by atoms with Crippen molar-refractivity contribution in [2.24, 2.45) is 29.4 Å². The van der Waals surface area contributed by atoms with Gasteiger partial charge < -0.3 is 10.6 Å². The number of ketones is 1. The van der Waals surface area contributed by atoms with E-state index in [0.29, 0.717) is 23.8 Å². The second-order valence-electron chi connectivity index (χ2n) is 9.03. The number of likely N-dealkylation sites (tertiary alicyclic amines) is 1. The Kier molecular flexibility index (Phi) is 5.36. The summed E-state index contributed by atoms with van der Waals surface area (Å²) in [5.41, 5.74) is 8.35. The minimum absolute atomic E-state index is 0.0518. The number of nitrogens with zero attached hydrogens (tertiary/aromatic N) is 1. The molecule has 0 aromatic heterocycles. The van der Waals surface area contributed by atoms with Crippen molar-refractivity contribution < 1.29 is 9.59 Å². The van der Waals surface area contributed by atoms with Gasteiger partial charge in [-0.2, -0.15) is 0 Å². The molecule has 27 heavy (non-hydrogen) atoms. The first-order valence-electron chi connectivity index (χ1n) is 10.7. The molecule has 2 bridgehead atoms. The fraction of sp³-hybridized carbons (Fsp3) is 0.652. The lowest BCUT2D eigenvalue weighted by Gasteiger charge is -2.45. The van der Waals surface area contributed by atoms with Crippen LogP contribution >= 0.6 is 0 Å². The number of carbonyl (C=O) groups is 2. The van der Waals surface area contributed by atoms with Crippen molar-refractivity contribution in [2.45, 2.75) is 57.9 Å². The number of fused-ring (bicyclic) bond motifs is 2. The molecule has 2 N–H and O–H groups in total. The zero-order valence-corrected chi connectivity index (χ0v) is 16.4. The summed E-state index contributed by atoms with van der Waals surface area (Å²) in [6, 6.07) is 8.16. The molecule has 2 unspecified atom stereocenters. The summed E-state index contributed by atoms with van der Waals surface area (Å²) < 4.78 is 0. The van der Waals surface area contributed by atoms with Gasteiger partial charge in [0.2, 0.25) is 5.91 Å². The Balaban J connectivity index is 1.33. The van der Waals surface area contributed by atoms with Crippen molar-refractivity contribution in [3.63, 3.8) is 0 Å². The summed E-state index contributed by atoms with van der Waals surface area (Å²) in [6.07, 6.45) is 7.17. The highest BCUT2D eigenvalue weighted by molar-refractivity contribution is 5.98. The molecule has 3 fully saturated rings. The van der Waals surface area contributed by atoms with E-state index in [-0.39, 0.29) is 17.6 Å². The van der Waals surface area contributed by atoms with Crippen LogP contribution in [0.3, 0.4) is 0 Å². The fourth-order valence-electron chi connectivity index (χ4n) is 5.56. The highest BCUT2D eigenvalue weighted by Gasteiger charge is 2.42. The molecule has 4 heteroatoms. The largest absolute Gasteiger partial charge is 0.342 e. The van der Waals surface area contributed by atoms with Crippen LogP contribution in [0.4, 0.5) is 0 Å². The topological polar surface area (TPSA) is 63.4 Å². The number of nitrogens with two attached hydrogens (primary N) is 1. The van der Waals surface area contributed by atoms with E-state index in [1.807, 2.05) is 36.1 Å². The molecule has 4 rings (SSSR count). The standard InChI is InChI=1S/C23H32N2O2/c1-15-5-7-16(8-6-15)22(26)17-9-11-25(12-10-17)23(27)20-13-18-3-2-4-19(14-20)21(18)24/h5-8,17-21H,2-4,9-14,24H2,1H3. The third-order valence-corrected chi connectivity index (χ3v) is 7.28. The van der Waals surface area contributed by atoms with Crippen LogP contribution in [0.5, 0.6) is 0 Å². The molecular formula is C23H32N2O2. The summed E-state index contributed by atoms with van der Waals surface area (Å²) in [7, 11) is 0. The SMILES string of the molecule is Cc1ccc(C(=O)C2CCN(C(=O)C3CC4CCCC(C3)C4N)CC2)cc1. The molecule has 2 aliphatic carbocycles. The third-order valence-electron chi connectivity index (χ3n) is 7.28. The minimum Gasteiger partial charge on any atom is -0.342 e. The number of piperidine rings is 1. The minimum atomic E-state index is 0.0518. The number of hydrogen-bond acceptors (Lipinski definition) is 3. The summed E-state index contributed by atoms with van der Waals surface area (Å²) in [6.45, 7) is 3.47. The van der Waals surface area contributed by atoms with E-state index in [2.05, 4.69) is 0 Å². The molecular weight excluding hydrogens is 336 g/mol. The summed E-state index contributed by atoms with van der Waals surface area (Å²) in [4.78, 5) is 27.8. The Morgan fingerprint density at radius 2 is 1.52 bits per heavy atom. The van der Waals surface area contributed by atoms with Gasteiger partial charge in [-0.1, -0.05) is 36.2 Å². The van der Waals surface area contributed by atoms with Crippen LogP contribution in [-0.2, 0) is 4.79 Å². The molecule has 3 aliphatic rings. The first-order valence-corrected chi connectivity index (χ1v) is 10.7. The van der Waals surface area contributed by atoms with E-state index in [1.165, 1.54) is 24.8 Å². The first kappa shape index (κ1) is 18.7. The van der Waals surface area contributed by atoms with Gasteiger partial charge in [0.25, 0.3) is 0 Å². The van der Waals surface area contributed by atoms with Gasteiger partial charge in [0, 0.05) is 36.5 Å². The Morgan fingerprint density at radius 3 is 2.11 bits per heavy atom. The van der Waals surface area contributed by atoms with Crippen molar-refractivity contribution in [1.82, 2.24) is 4.90 Å². The lowest BCUT2D eigenvalue weighted by molar-refractivity contribution is -0.139. The molecule has 2 saturated carbocycles. The van der Waals surface area contributed by atoms with Gasteiger partial charge >= 0.3 is 0 Å². The first-order chi connectivity index (χ1) is 13.0. The molecule has 2 atom stereocenters. The normalized spacial score (nSPS) is 31.6. The van der Waals surface area contributed by atoms with Crippen LogP contribution in [0.1, 0.15) is 60.9 Å². The molecule has 1 saturated heterocycles. The van der Waals surface area contributed by atoms with Gasteiger partial charge in [0.1, 0.15) is 0 Å². The van der Waals surface area contributed by atoms with Crippen molar-refractivity contribution in [3.8, 4) is 0 Å². The van der Waals surface area contributed by atoms with Crippen LogP contribution in [-0.4, -0.2) is 35.7 Å². The average Bonchev–Trinajstić information content (AvgIpc) is 2.67. The second-order valence-corrected chi connectivity index (χ2v) is 9.03. The van der Waals surface area contributed by atoms with E-state index in [0.717, 1.165) is 44.3 Å². The summed E-state index contributed by atoms with van der Waals surface area (Å²) in [5.74, 6) is 1.83. The van der Waals surface area contributed by atoms with Gasteiger partial charge in [-0.05, 0) is 57.3 Å². The van der Waals surface area contributed by atoms with Crippen LogP contribution < -0.4 is 5.73 Å². The molecule has 0 spiro atoms. The molecule has 4 nitrogen and oxygen atoms in total. The number of carbonyl (C=O) groups excluding carboxylic acids is 2. The number of aryl methyl sites for hydroxylation is 1. The van der Waals surface area contributed by atoms with E-state index in [4.69, 9.17) is 5.73 Å². The molecule has 1 amide bonds. The van der Waals surface area contributed by atoms with Crippen molar-refractivity contribution >= 4 is 11.7 Å². The zero-order chi connectivity index (χ0) is 19.0. The average molecular weight is 369 g/mol. The van der Waals surface area contributed by atoms with E-state index >= 15 is 0 Å². The highest BCUT2D eigenvalue weighted by atomic mass is 16.2. The zero-order valence-electron chi connectivity index (χ0n) is 16.4. The van der Waals surface area contributed by atoms with Crippen LogP contribution in [0.25, 0.3) is 0 Å². The Bertz CT molecular complexity index is 677. The van der Waals surface area contributed by atoms with Crippen molar-refractivity contribution in [2.75, 3.05) is 13.1 Å². The number of Topliss-reactive ketones (excluding diaryl/α,β-unsaturated/α-hetero) is 1. The van der Waals surface area contributed by atoms with E-state index in [1.54, 1.807) is 0 Å². The van der Waals surface area contributed by atoms with Crippen LogP contribution in [0, 0.1) is 30.6 Å². The van der Waals surface area contributed by atoms with Gasteiger partial charge in [0.15, 0.2) is 5.78 Å². The molecule has 1 aromatic rings. The predicted molar refractivity (Wildman–Crippen MR) is 106 cm³/mol. The van der Waals surface area contributed by atoms with Gasteiger partial charge in [-0.15, -0.1) is 0 Å². The summed E-state index contributed by atoms with van der Waals surface area (Å²) >= 11 is 0. The number of amides is 1. The smallest absolute Gasteiger partial charge is 0.225 e. The Labute approximate surface area is 162 Å².